The van der Waals surface area contributed by atoms with Crippen LogP contribution in [-0.4, -0.2) is 52.7 Å². The van der Waals surface area contributed by atoms with E-state index in [1.165, 1.54) is 32.4 Å². The Hall–Kier alpha value is -1.71. The quantitative estimate of drug-likeness (QED) is 0.561. The molecule has 1 heterocycles. The van der Waals surface area contributed by atoms with Crippen LogP contribution in [0.15, 0.2) is 23.2 Å². The number of anilines is 1. The fourth-order valence-corrected chi connectivity index (χ4v) is 2.94. The van der Waals surface area contributed by atoms with Crippen LogP contribution in [0.3, 0.4) is 0 Å². The predicted octanol–water partition coefficient (Wildman–Crippen LogP) is -0.447. The van der Waals surface area contributed by atoms with Crippen molar-refractivity contribution in [3.63, 3.8) is 0 Å². The number of amides is 1. The van der Waals surface area contributed by atoms with E-state index < -0.39 is 22.0 Å². The van der Waals surface area contributed by atoms with Crippen LogP contribution in [0.4, 0.5) is 5.82 Å². The molecule has 0 aliphatic rings. The third kappa shape index (κ3) is 4.96. The first-order valence-corrected chi connectivity index (χ1v) is 7.82. The number of methoxy groups -OCH3 is 1. The number of carbonyl (C=O) groups is 1. The lowest BCUT2D eigenvalue weighted by Gasteiger charge is -2.15. The summed E-state index contributed by atoms with van der Waals surface area (Å²) in [6.45, 7) is 2.14. The molecule has 1 amide bonds. The van der Waals surface area contributed by atoms with Crippen molar-refractivity contribution in [1.29, 1.82) is 0 Å². The SMILES string of the molecule is CNc1ncccc1S(=O)(=O)NC(C)C(=O)NCCOC. The lowest BCUT2D eigenvalue weighted by atomic mass is 10.3. The summed E-state index contributed by atoms with van der Waals surface area (Å²) in [5.41, 5.74) is 0. The molecule has 0 aliphatic heterocycles. The Morgan fingerprint density at radius 1 is 1.48 bits per heavy atom. The van der Waals surface area contributed by atoms with Gasteiger partial charge in [0.2, 0.25) is 15.9 Å². The van der Waals surface area contributed by atoms with Crippen LogP contribution < -0.4 is 15.4 Å². The van der Waals surface area contributed by atoms with Crippen molar-refractivity contribution in [2.75, 3.05) is 32.6 Å². The van der Waals surface area contributed by atoms with Gasteiger partial charge in [-0.1, -0.05) is 0 Å². The van der Waals surface area contributed by atoms with Crippen molar-refractivity contribution in [1.82, 2.24) is 15.0 Å². The van der Waals surface area contributed by atoms with E-state index in [9.17, 15) is 13.2 Å². The zero-order chi connectivity index (χ0) is 15.9. The number of rotatable bonds is 8. The van der Waals surface area contributed by atoms with Gasteiger partial charge in [0.25, 0.3) is 0 Å². The summed E-state index contributed by atoms with van der Waals surface area (Å²) in [5.74, 6) is -0.206. The number of aromatic nitrogens is 1. The van der Waals surface area contributed by atoms with Gasteiger partial charge < -0.3 is 15.4 Å². The second kappa shape index (κ2) is 7.91. The Bertz CT molecular complexity index is 576. The lowest BCUT2D eigenvalue weighted by Crippen LogP contribution is -2.45. The number of pyridine rings is 1. The molecule has 0 saturated heterocycles. The predicted molar refractivity (Wildman–Crippen MR) is 78.5 cm³/mol. The fourth-order valence-electron chi connectivity index (χ4n) is 1.57. The van der Waals surface area contributed by atoms with E-state index in [1.54, 1.807) is 7.05 Å². The molecule has 21 heavy (non-hydrogen) atoms. The minimum Gasteiger partial charge on any atom is -0.383 e. The van der Waals surface area contributed by atoms with Crippen LogP contribution in [0.1, 0.15) is 6.92 Å². The summed E-state index contributed by atoms with van der Waals surface area (Å²) in [7, 11) is -0.759. The first-order valence-electron chi connectivity index (χ1n) is 6.34. The normalized spacial score (nSPS) is 12.7. The zero-order valence-corrected chi connectivity index (χ0v) is 13.0. The summed E-state index contributed by atoms with van der Waals surface area (Å²) in [5, 5.41) is 5.26. The molecule has 0 spiro atoms. The molecule has 0 bridgehead atoms. The van der Waals surface area contributed by atoms with Gasteiger partial charge in [0.15, 0.2) is 0 Å². The number of nitrogens with one attached hydrogen (secondary N) is 3. The Morgan fingerprint density at radius 2 is 2.19 bits per heavy atom. The maximum Gasteiger partial charge on any atom is 0.244 e. The van der Waals surface area contributed by atoms with Gasteiger partial charge in [-0.15, -0.1) is 0 Å². The van der Waals surface area contributed by atoms with E-state index in [1.807, 2.05) is 0 Å². The number of nitrogens with zero attached hydrogens (tertiary/aromatic N) is 1. The first kappa shape index (κ1) is 17.3. The van der Waals surface area contributed by atoms with E-state index in [0.717, 1.165) is 0 Å². The molecule has 118 valence electrons. The molecule has 3 N–H and O–H groups in total. The number of sulfonamides is 1. The molecule has 1 aromatic rings. The molecular formula is C12H20N4O4S. The summed E-state index contributed by atoms with van der Waals surface area (Å²) >= 11 is 0. The van der Waals surface area contributed by atoms with Gasteiger partial charge in [0, 0.05) is 26.9 Å². The smallest absolute Gasteiger partial charge is 0.244 e. The molecule has 1 aromatic heterocycles. The Balaban J connectivity index is 2.78. The largest absolute Gasteiger partial charge is 0.383 e. The van der Waals surface area contributed by atoms with Gasteiger partial charge in [-0.25, -0.2) is 13.4 Å². The standard InChI is InChI=1S/C12H20N4O4S/c1-9(12(17)15-7-8-20-3)16-21(18,19)10-5-4-6-14-11(10)13-2/h4-6,9,16H,7-8H2,1-3H3,(H,13,14)(H,15,17). The van der Waals surface area contributed by atoms with Gasteiger partial charge in [0.1, 0.15) is 10.7 Å². The molecular weight excluding hydrogens is 296 g/mol. The van der Waals surface area contributed by atoms with Crippen LogP contribution in [-0.2, 0) is 19.6 Å². The van der Waals surface area contributed by atoms with Crippen molar-refractivity contribution in [2.45, 2.75) is 17.9 Å². The molecule has 0 radical (unpaired) electrons. The van der Waals surface area contributed by atoms with Crippen molar-refractivity contribution < 1.29 is 17.9 Å². The number of ether oxygens (including phenoxy) is 1. The zero-order valence-electron chi connectivity index (χ0n) is 12.2. The van der Waals surface area contributed by atoms with Gasteiger partial charge in [-0.2, -0.15) is 4.72 Å². The van der Waals surface area contributed by atoms with Gasteiger partial charge in [-0.3, -0.25) is 4.79 Å². The third-order valence-electron chi connectivity index (χ3n) is 2.63. The average Bonchev–Trinajstić information content (AvgIpc) is 2.46. The fraction of sp³-hybridized carbons (Fsp3) is 0.500. The van der Waals surface area contributed by atoms with Crippen molar-refractivity contribution in [3.05, 3.63) is 18.3 Å². The summed E-state index contributed by atoms with van der Waals surface area (Å²) in [6.07, 6.45) is 1.48. The maximum atomic E-state index is 12.3. The van der Waals surface area contributed by atoms with Crippen LogP contribution in [0, 0.1) is 0 Å². The third-order valence-corrected chi connectivity index (χ3v) is 4.20. The van der Waals surface area contributed by atoms with E-state index in [2.05, 4.69) is 20.3 Å². The summed E-state index contributed by atoms with van der Waals surface area (Å²) in [4.78, 5) is 15.7. The highest BCUT2D eigenvalue weighted by Crippen LogP contribution is 2.17. The molecule has 1 rings (SSSR count). The van der Waals surface area contributed by atoms with Crippen molar-refractivity contribution in [2.24, 2.45) is 0 Å². The Labute approximate surface area is 124 Å². The van der Waals surface area contributed by atoms with Gasteiger partial charge >= 0.3 is 0 Å². The molecule has 0 aromatic carbocycles. The van der Waals surface area contributed by atoms with Crippen LogP contribution >= 0.6 is 0 Å². The summed E-state index contributed by atoms with van der Waals surface area (Å²) in [6, 6.07) is 2.02. The Kier molecular flexibility index (Phi) is 6.53. The monoisotopic (exact) mass is 316 g/mol. The molecule has 1 atom stereocenters. The molecule has 9 heteroatoms. The molecule has 0 saturated carbocycles. The van der Waals surface area contributed by atoms with E-state index in [0.29, 0.717) is 13.2 Å². The highest BCUT2D eigenvalue weighted by atomic mass is 32.2. The second-order valence-corrected chi connectivity index (χ2v) is 5.91. The lowest BCUT2D eigenvalue weighted by molar-refractivity contribution is -0.122. The molecule has 8 nitrogen and oxygen atoms in total. The van der Waals surface area contributed by atoms with Crippen LogP contribution in [0.2, 0.25) is 0 Å². The average molecular weight is 316 g/mol. The van der Waals surface area contributed by atoms with Gasteiger partial charge in [0.05, 0.1) is 12.6 Å². The molecule has 0 fully saturated rings. The Morgan fingerprint density at radius 3 is 2.81 bits per heavy atom. The van der Waals surface area contributed by atoms with Crippen LogP contribution in [0.5, 0.6) is 0 Å². The summed E-state index contributed by atoms with van der Waals surface area (Å²) < 4.78 is 31.6. The first-order chi connectivity index (χ1) is 9.92. The number of carbonyl (C=O) groups excluding carboxylic acids is 1. The minimum absolute atomic E-state index is 0.0101. The molecule has 1 unspecified atom stereocenters. The highest BCUT2D eigenvalue weighted by molar-refractivity contribution is 7.89. The topological polar surface area (TPSA) is 109 Å². The maximum absolute atomic E-state index is 12.3. The second-order valence-electron chi connectivity index (χ2n) is 4.23. The van der Waals surface area contributed by atoms with Crippen molar-refractivity contribution >= 4 is 21.7 Å². The van der Waals surface area contributed by atoms with Crippen LogP contribution in [0.25, 0.3) is 0 Å². The minimum atomic E-state index is -3.84. The van der Waals surface area contributed by atoms with Crippen molar-refractivity contribution in [3.8, 4) is 0 Å². The number of hydrogen-bond acceptors (Lipinski definition) is 6. The van der Waals surface area contributed by atoms with Gasteiger partial charge in [-0.05, 0) is 19.1 Å². The van der Waals surface area contributed by atoms with E-state index >= 15 is 0 Å². The van der Waals surface area contributed by atoms with E-state index in [4.69, 9.17) is 4.74 Å². The highest BCUT2D eigenvalue weighted by Gasteiger charge is 2.24. The molecule has 0 aliphatic carbocycles. The number of hydrogen-bond donors (Lipinski definition) is 3. The van der Waals surface area contributed by atoms with E-state index in [-0.39, 0.29) is 10.7 Å².